The van der Waals surface area contributed by atoms with Crippen LogP contribution in [0.15, 0.2) is 4.52 Å². The van der Waals surface area contributed by atoms with Gasteiger partial charge in [-0.3, -0.25) is 0 Å². The fourth-order valence-electron chi connectivity index (χ4n) is 1.82. The summed E-state index contributed by atoms with van der Waals surface area (Å²) in [4.78, 5) is 4.12. The highest BCUT2D eigenvalue weighted by molar-refractivity contribution is 5.37. The van der Waals surface area contributed by atoms with Crippen molar-refractivity contribution in [3.8, 4) is 5.88 Å². The van der Waals surface area contributed by atoms with E-state index < -0.39 is 6.04 Å². The summed E-state index contributed by atoms with van der Waals surface area (Å²) in [5.41, 5.74) is 7.67. The molecule has 92 valence electrons. The normalized spacial score (nSPS) is 12.8. The lowest BCUT2D eigenvalue weighted by molar-refractivity contribution is 0.365. The first-order valence-corrected chi connectivity index (χ1v) is 5.18. The van der Waals surface area contributed by atoms with E-state index in [2.05, 4.69) is 15.2 Å². The number of methoxy groups -OCH3 is 1. The van der Waals surface area contributed by atoms with Gasteiger partial charge in [0.1, 0.15) is 6.04 Å². The van der Waals surface area contributed by atoms with Crippen molar-refractivity contribution in [2.45, 2.75) is 19.9 Å². The van der Waals surface area contributed by atoms with Crippen LogP contribution in [0, 0.1) is 13.8 Å². The van der Waals surface area contributed by atoms with Gasteiger partial charge in [0, 0.05) is 14.0 Å². The molecule has 2 heterocycles. The molecule has 0 saturated carbocycles. The van der Waals surface area contributed by atoms with Crippen LogP contribution < -0.4 is 10.5 Å². The van der Waals surface area contributed by atoms with Crippen molar-refractivity contribution in [1.29, 1.82) is 0 Å². The van der Waals surface area contributed by atoms with E-state index in [9.17, 15) is 0 Å². The maximum Gasteiger partial charge on any atom is 0.223 e. The summed E-state index contributed by atoms with van der Waals surface area (Å²) < 4.78 is 11.8. The molecule has 0 amide bonds. The molecule has 17 heavy (non-hydrogen) atoms. The third-order valence-corrected chi connectivity index (χ3v) is 2.54. The van der Waals surface area contributed by atoms with Crippen LogP contribution in [0.5, 0.6) is 5.88 Å². The number of ether oxygens (including phenoxy) is 1. The van der Waals surface area contributed by atoms with Crippen LogP contribution in [-0.2, 0) is 7.05 Å². The van der Waals surface area contributed by atoms with Crippen molar-refractivity contribution in [3.63, 3.8) is 0 Å². The van der Waals surface area contributed by atoms with E-state index in [1.54, 1.807) is 25.8 Å². The van der Waals surface area contributed by atoms with E-state index in [0.29, 0.717) is 17.6 Å². The van der Waals surface area contributed by atoms with Crippen LogP contribution >= 0.6 is 0 Å². The minimum absolute atomic E-state index is 0.428. The van der Waals surface area contributed by atoms with Crippen LogP contribution in [-0.4, -0.2) is 27.0 Å². The smallest absolute Gasteiger partial charge is 0.223 e. The summed E-state index contributed by atoms with van der Waals surface area (Å²) in [5.74, 6) is 1.52. The van der Waals surface area contributed by atoms with Crippen LogP contribution in [0.3, 0.4) is 0 Å². The summed E-state index contributed by atoms with van der Waals surface area (Å²) >= 11 is 0. The van der Waals surface area contributed by atoms with Gasteiger partial charge in [-0.1, -0.05) is 5.16 Å². The zero-order valence-electron chi connectivity index (χ0n) is 10.3. The Balaban J connectivity index is 2.46. The van der Waals surface area contributed by atoms with E-state index in [0.717, 1.165) is 11.3 Å². The molecule has 1 atom stereocenters. The Bertz CT molecular complexity index is 531. The number of rotatable bonds is 3. The Morgan fingerprint density at radius 1 is 1.41 bits per heavy atom. The molecule has 0 radical (unpaired) electrons. The number of hydrogen-bond acceptors (Lipinski definition) is 6. The second-order valence-corrected chi connectivity index (χ2v) is 3.78. The van der Waals surface area contributed by atoms with E-state index in [4.69, 9.17) is 15.0 Å². The molecule has 2 aromatic heterocycles. The fraction of sp³-hybridized carbons (Fsp3) is 0.500. The van der Waals surface area contributed by atoms with Crippen molar-refractivity contribution in [2.75, 3.05) is 7.11 Å². The highest BCUT2D eigenvalue weighted by Gasteiger charge is 2.25. The Kier molecular flexibility index (Phi) is 2.84. The van der Waals surface area contributed by atoms with Gasteiger partial charge in [-0.2, -0.15) is 10.1 Å². The molecule has 7 heteroatoms. The third kappa shape index (κ3) is 1.89. The summed E-state index contributed by atoms with van der Waals surface area (Å²) in [6.45, 7) is 3.58. The number of aryl methyl sites for hydroxylation is 3. The molecular weight excluding hydrogens is 222 g/mol. The highest BCUT2D eigenvalue weighted by Crippen LogP contribution is 2.29. The molecule has 0 bridgehead atoms. The molecule has 2 aromatic rings. The van der Waals surface area contributed by atoms with Gasteiger partial charge in [0.25, 0.3) is 0 Å². The maximum absolute atomic E-state index is 6.10. The number of aromatic nitrogens is 4. The molecule has 2 N–H and O–H groups in total. The van der Waals surface area contributed by atoms with Gasteiger partial charge in [0.05, 0.1) is 18.4 Å². The molecule has 0 aliphatic heterocycles. The van der Waals surface area contributed by atoms with Crippen molar-refractivity contribution < 1.29 is 9.26 Å². The Morgan fingerprint density at radius 3 is 2.65 bits per heavy atom. The van der Waals surface area contributed by atoms with Crippen LogP contribution in [0.1, 0.15) is 29.0 Å². The molecule has 0 aliphatic carbocycles. The largest absolute Gasteiger partial charge is 0.481 e. The van der Waals surface area contributed by atoms with Crippen molar-refractivity contribution >= 4 is 0 Å². The summed E-state index contributed by atoms with van der Waals surface area (Å²) in [6, 6.07) is -0.504. The minimum Gasteiger partial charge on any atom is -0.481 e. The summed E-state index contributed by atoms with van der Waals surface area (Å²) in [7, 11) is 3.37. The monoisotopic (exact) mass is 237 g/mol. The predicted molar refractivity (Wildman–Crippen MR) is 59.6 cm³/mol. The second kappa shape index (κ2) is 4.17. The third-order valence-electron chi connectivity index (χ3n) is 2.54. The number of nitrogens with two attached hydrogens (primary N) is 1. The Labute approximate surface area is 98.6 Å². The molecule has 0 fully saturated rings. The number of hydrogen-bond donors (Lipinski definition) is 1. The quantitative estimate of drug-likeness (QED) is 0.834. The molecule has 0 aliphatic rings. The van der Waals surface area contributed by atoms with Gasteiger partial charge in [0.2, 0.25) is 11.8 Å². The predicted octanol–water partition coefficient (Wildman–Crippen LogP) is 0.477. The van der Waals surface area contributed by atoms with Crippen LogP contribution in [0.25, 0.3) is 0 Å². The topological polar surface area (TPSA) is 92.0 Å². The van der Waals surface area contributed by atoms with Crippen molar-refractivity contribution in [1.82, 2.24) is 19.9 Å². The van der Waals surface area contributed by atoms with Crippen LogP contribution in [0.4, 0.5) is 0 Å². The van der Waals surface area contributed by atoms with Crippen molar-refractivity contribution in [2.24, 2.45) is 12.8 Å². The van der Waals surface area contributed by atoms with Gasteiger partial charge < -0.3 is 15.0 Å². The van der Waals surface area contributed by atoms with Gasteiger partial charge in [-0.05, 0) is 6.92 Å². The molecule has 0 spiro atoms. The van der Waals surface area contributed by atoms with Gasteiger partial charge in [-0.15, -0.1) is 0 Å². The highest BCUT2D eigenvalue weighted by atomic mass is 16.5. The van der Waals surface area contributed by atoms with E-state index in [1.807, 2.05) is 6.92 Å². The molecule has 0 saturated heterocycles. The van der Waals surface area contributed by atoms with Gasteiger partial charge in [0.15, 0.2) is 5.82 Å². The maximum atomic E-state index is 6.10. The molecular formula is C10H15N5O2. The Morgan fingerprint density at radius 2 is 2.12 bits per heavy atom. The van der Waals surface area contributed by atoms with Crippen molar-refractivity contribution in [3.05, 3.63) is 23.0 Å². The zero-order valence-corrected chi connectivity index (χ0v) is 10.3. The van der Waals surface area contributed by atoms with E-state index >= 15 is 0 Å². The lowest BCUT2D eigenvalue weighted by atomic mass is 10.1. The first kappa shape index (κ1) is 11.6. The summed E-state index contributed by atoms with van der Waals surface area (Å²) in [5, 5.41) is 8.07. The SMILES string of the molecule is COc1c(C(N)c2noc(C)n2)c(C)nn1C. The first-order valence-electron chi connectivity index (χ1n) is 5.18. The molecule has 7 nitrogen and oxygen atoms in total. The standard InChI is InChI=1S/C10H15N5O2/c1-5-7(10(16-4)15(3)13-5)8(11)9-12-6(2)17-14-9/h8H,11H2,1-4H3. The first-order chi connectivity index (χ1) is 8.04. The fourth-order valence-corrected chi connectivity index (χ4v) is 1.82. The number of nitrogens with zero attached hydrogens (tertiary/aromatic N) is 4. The lowest BCUT2D eigenvalue weighted by Gasteiger charge is -2.09. The van der Waals surface area contributed by atoms with Crippen LogP contribution in [0.2, 0.25) is 0 Å². The molecule has 0 aromatic carbocycles. The molecule has 2 rings (SSSR count). The Hall–Kier alpha value is -1.89. The van der Waals surface area contributed by atoms with E-state index in [1.165, 1.54) is 0 Å². The summed E-state index contributed by atoms with van der Waals surface area (Å²) in [6.07, 6.45) is 0. The second-order valence-electron chi connectivity index (χ2n) is 3.78. The zero-order chi connectivity index (χ0) is 12.6. The van der Waals surface area contributed by atoms with E-state index in [-0.39, 0.29) is 0 Å². The lowest BCUT2D eigenvalue weighted by Crippen LogP contribution is -2.15. The van der Waals surface area contributed by atoms with Gasteiger partial charge >= 0.3 is 0 Å². The average molecular weight is 237 g/mol. The van der Waals surface area contributed by atoms with Gasteiger partial charge in [-0.25, -0.2) is 4.68 Å². The average Bonchev–Trinajstić information content (AvgIpc) is 2.81. The molecule has 1 unspecified atom stereocenters. The minimum atomic E-state index is -0.504.